The lowest BCUT2D eigenvalue weighted by molar-refractivity contribution is 0.190. The number of guanidine groups is 1. The second-order valence-electron chi connectivity index (χ2n) is 6.57. The Morgan fingerprint density at radius 3 is 2.67 bits per heavy atom. The van der Waals surface area contributed by atoms with Crippen molar-refractivity contribution >= 4 is 5.96 Å². The zero-order valence-corrected chi connectivity index (χ0v) is 15.0. The van der Waals surface area contributed by atoms with E-state index in [-0.39, 0.29) is 5.82 Å². The average molecular weight is 334 g/mol. The Kier molecular flexibility index (Phi) is 8.02. The van der Waals surface area contributed by atoms with Crippen LogP contribution < -0.4 is 10.6 Å². The predicted octanol–water partition coefficient (Wildman–Crippen LogP) is 3.15. The lowest BCUT2D eigenvalue weighted by Gasteiger charge is -2.31. The molecule has 1 aliphatic carbocycles. The second kappa shape index (κ2) is 10.3. The molecule has 0 bridgehead atoms. The predicted molar refractivity (Wildman–Crippen MR) is 98.7 cm³/mol. The van der Waals surface area contributed by atoms with E-state index < -0.39 is 0 Å². The van der Waals surface area contributed by atoms with Crippen molar-refractivity contribution in [2.45, 2.75) is 51.1 Å². The molecule has 0 spiro atoms. The van der Waals surface area contributed by atoms with Crippen LogP contribution >= 0.6 is 0 Å². The van der Waals surface area contributed by atoms with Gasteiger partial charge in [-0.2, -0.15) is 0 Å². The summed E-state index contributed by atoms with van der Waals surface area (Å²) in [6, 6.07) is 7.58. The topological polar surface area (TPSA) is 39.7 Å². The summed E-state index contributed by atoms with van der Waals surface area (Å²) in [6.45, 7) is 2.41. The Morgan fingerprint density at radius 1 is 1.21 bits per heavy atom. The lowest BCUT2D eigenvalue weighted by Crippen LogP contribution is -2.39. The standard InChI is InChI=1S/C19H31FN4/c1-21-19(23-15-16-9-6-7-12-18(16)20)22-13-8-14-24(2)17-10-4-3-5-11-17/h6-7,9,12,17H,3-5,8,10-11,13-15H2,1-2H3,(H2,21,22,23). The fourth-order valence-electron chi connectivity index (χ4n) is 3.28. The zero-order valence-electron chi connectivity index (χ0n) is 15.0. The third-order valence-corrected chi connectivity index (χ3v) is 4.81. The first-order valence-electron chi connectivity index (χ1n) is 9.09. The van der Waals surface area contributed by atoms with Gasteiger partial charge in [0.1, 0.15) is 5.82 Å². The van der Waals surface area contributed by atoms with Crippen LogP contribution in [-0.2, 0) is 6.54 Å². The maximum Gasteiger partial charge on any atom is 0.191 e. The van der Waals surface area contributed by atoms with Gasteiger partial charge < -0.3 is 15.5 Å². The Balaban J connectivity index is 1.64. The number of aliphatic imine (C=N–C) groups is 1. The van der Waals surface area contributed by atoms with Crippen LogP contribution in [0.2, 0.25) is 0 Å². The van der Waals surface area contributed by atoms with E-state index in [1.54, 1.807) is 19.2 Å². The first-order chi connectivity index (χ1) is 11.7. The minimum Gasteiger partial charge on any atom is -0.356 e. The zero-order chi connectivity index (χ0) is 17.2. The van der Waals surface area contributed by atoms with Gasteiger partial charge in [0, 0.05) is 31.7 Å². The van der Waals surface area contributed by atoms with Crippen LogP contribution in [-0.4, -0.2) is 44.1 Å². The van der Waals surface area contributed by atoms with Gasteiger partial charge in [-0.05, 0) is 38.9 Å². The van der Waals surface area contributed by atoms with E-state index in [2.05, 4.69) is 27.6 Å². The molecule has 4 nitrogen and oxygen atoms in total. The molecule has 0 radical (unpaired) electrons. The van der Waals surface area contributed by atoms with Crippen LogP contribution in [0.15, 0.2) is 29.3 Å². The monoisotopic (exact) mass is 334 g/mol. The average Bonchev–Trinajstić information content (AvgIpc) is 2.63. The van der Waals surface area contributed by atoms with Crippen molar-refractivity contribution < 1.29 is 4.39 Å². The molecule has 2 rings (SSSR count). The van der Waals surface area contributed by atoms with Crippen LogP contribution in [0.4, 0.5) is 4.39 Å². The van der Waals surface area contributed by atoms with Gasteiger partial charge in [0.15, 0.2) is 5.96 Å². The van der Waals surface area contributed by atoms with E-state index in [0.717, 1.165) is 31.5 Å². The Morgan fingerprint density at radius 2 is 1.96 bits per heavy atom. The molecule has 1 aromatic carbocycles. The Hall–Kier alpha value is -1.62. The highest BCUT2D eigenvalue weighted by molar-refractivity contribution is 5.79. The van der Waals surface area contributed by atoms with E-state index >= 15 is 0 Å². The molecule has 0 aromatic heterocycles. The molecule has 0 unspecified atom stereocenters. The van der Waals surface area contributed by atoms with Crippen LogP contribution in [0.25, 0.3) is 0 Å². The number of rotatable bonds is 7. The SMILES string of the molecule is CN=C(NCCCN(C)C1CCCCC1)NCc1ccccc1F. The molecule has 0 aliphatic heterocycles. The largest absolute Gasteiger partial charge is 0.356 e. The Labute approximate surface area is 145 Å². The molecule has 5 heteroatoms. The number of nitrogens with one attached hydrogen (secondary N) is 2. The summed E-state index contributed by atoms with van der Waals surface area (Å²) in [7, 11) is 3.98. The molecule has 0 heterocycles. The highest BCUT2D eigenvalue weighted by atomic mass is 19.1. The van der Waals surface area contributed by atoms with Crippen LogP contribution in [0, 0.1) is 5.82 Å². The van der Waals surface area contributed by atoms with E-state index in [1.807, 2.05) is 6.07 Å². The summed E-state index contributed by atoms with van der Waals surface area (Å²) in [6.07, 6.45) is 7.91. The molecule has 24 heavy (non-hydrogen) atoms. The quantitative estimate of drug-likeness (QED) is 0.457. The normalized spacial score (nSPS) is 16.4. The third-order valence-electron chi connectivity index (χ3n) is 4.81. The molecular formula is C19H31FN4. The van der Waals surface area contributed by atoms with Crippen LogP contribution in [0.3, 0.4) is 0 Å². The second-order valence-corrected chi connectivity index (χ2v) is 6.57. The van der Waals surface area contributed by atoms with Gasteiger partial charge in [-0.1, -0.05) is 37.5 Å². The van der Waals surface area contributed by atoms with Crippen molar-refractivity contribution in [2.75, 3.05) is 27.2 Å². The van der Waals surface area contributed by atoms with Crippen molar-refractivity contribution in [1.29, 1.82) is 0 Å². The molecule has 0 atom stereocenters. The highest BCUT2D eigenvalue weighted by Crippen LogP contribution is 2.21. The maximum atomic E-state index is 13.6. The molecule has 0 saturated heterocycles. The molecule has 1 fully saturated rings. The van der Waals surface area contributed by atoms with Crippen LogP contribution in [0.1, 0.15) is 44.1 Å². The smallest absolute Gasteiger partial charge is 0.191 e. The van der Waals surface area contributed by atoms with Gasteiger partial charge in [0.25, 0.3) is 0 Å². The van der Waals surface area contributed by atoms with E-state index in [1.165, 1.54) is 38.2 Å². The van der Waals surface area contributed by atoms with Crippen molar-refractivity contribution in [2.24, 2.45) is 4.99 Å². The summed E-state index contributed by atoms with van der Waals surface area (Å²) < 4.78 is 13.6. The van der Waals surface area contributed by atoms with Gasteiger partial charge in [0.05, 0.1) is 0 Å². The molecule has 134 valence electrons. The van der Waals surface area contributed by atoms with E-state index in [9.17, 15) is 4.39 Å². The fraction of sp³-hybridized carbons (Fsp3) is 0.632. The summed E-state index contributed by atoms with van der Waals surface area (Å²) in [4.78, 5) is 6.69. The number of nitrogens with zero attached hydrogens (tertiary/aromatic N) is 2. The molecule has 2 N–H and O–H groups in total. The summed E-state index contributed by atoms with van der Waals surface area (Å²) in [5, 5.41) is 6.47. The van der Waals surface area contributed by atoms with Gasteiger partial charge in [-0.15, -0.1) is 0 Å². The van der Waals surface area contributed by atoms with Gasteiger partial charge >= 0.3 is 0 Å². The maximum absolute atomic E-state index is 13.6. The molecule has 0 amide bonds. The minimum absolute atomic E-state index is 0.186. The molecule has 1 saturated carbocycles. The van der Waals surface area contributed by atoms with E-state index in [4.69, 9.17) is 0 Å². The molecule has 1 aromatic rings. The summed E-state index contributed by atoms with van der Waals surface area (Å²) >= 11 is 0. The number of hydrogen-bond donors (Lipinski definition) is 2. The first-order valence-corrected chi connectivity index (χ1v) is 9.09. The van der Waals surface area contributed by atoms with Crippen molar-refractivity contribution in [3.05, 3.63) is 35.6 Å². The number of benzene rings is 1. The lowest BCUT2D eigenvalue weighted by atomic mass is 9.94. The molecule has 1 aliphatic rings. The fourth-order valence-corrected chi connectivity index (χ4v) is 3.28. The Bertz CT molecular complexity index is 512. The first kappa shape index (κ1) is 18.7. The van der Waals surface area contributed by atoms with Gasteiger partial charge in [-0.25, -0.2) is 4.39 Å². The van der Waals surface area contributed by atoms with Crippen molar-refractivity contribution in [3.8, 4) is 0 Å². The summed E-state index contributed by atoms with van der Waals surface area (Å²) in [5.74, 6) is 0.535. The van der Waals surface area contributed by atoms with Gasteiger partial charge in [-0.3, -0.25) is 4.99 Å². The van der Waals surface area contributed by atoms with E-state index in [0.29, 0.717) is 12.1 Å². The number of halogens is 1. The minimum atomic E-state index is -0.186. The molecular weight excluding hydrogens is 303 g/mol. The van der Waals surface area contributed by atoms with Crippen molar-refractivity contribution in [1.82, 2.24) is 15.5 Å². The highest BCUT2D eigenvalue weighted by Gasteiger charge is 2.17. The van der Waals surface area contributed by atoms with Crippen molar-refractivity contribution in [3.63, 3.8) is 0 Å². The summed E-state index contributed by atoms with van der Waals surface area (Å²) in [5.41, 5.74) is 0.650. The number of hydrogen-bond acceptors (Lipinski definition) is 2. The van der Waals surface area contributed by atoms with Crippen LogP contribution in [0.5, 0.6) is 0 Å². The van der Waals surface area contributed by atoms with Gasteiger partial charge in [0.2, 0.25) is 0 Å². The third kappa shape index (κ3) is 6.11.